The van der Waals surface area contributed by atoms with E-state index in [-0.39, 0.29) is 15.6 Å². The molecule has 0 unspecified atom stereocenters. The number of aromatic nitrogens is 2. The Morgan fingerprint density at radius 3 is 2.47 bits per heavy atom. The van der Waals surface area contributed by atoms with Crippen molar-refractivity contribution in [3.8, 4) is 0 Å². The van der Waals surface area contributed by atoms with Crippen LogP contribution in [0.4, 0.5) is 5.82 Å². The average Bonchev–Trinajstić information content (AvgIpc) is 2.82. The lowest BCUT2D eigenvalue weighted by atomic mass is 10.2. The van der Waals surface area contributed by atoms with Gasteiger partial charge < -0.3 is 5.73 Å². The van der Waals surface area contributed by atoms with E-state index in [1.165, 1.54) is 6.07 Å². The van der Waals surface area contributed by atoms with E-state index in [2.05, 4.69) is 10.2 Å². The Bertz CT molecular complexity index is 839. The lowest BCUT2D eigenvalue weighted by molar-refractivity contribution is 0.597. The summed E-state index contributed by atoms with van der Waals surface area (Å²) >= 11 is 0. The molecule has 0 spiro atoms. The molecule has 1 aromatic heterocycles. The van der Waals surface area contributed by atoms with Crippen LogP contribution in [0.2, 0.25) is 0 Å². The molecular weight excluding hydrogens is 262 g/mol. The van der Waals surface area contributed by atoms with Crippen LogP contribution in [0.25, 0.3) is 10.9 Å². The number of nitrogens with two attached hydrogens (primary N) is 1. The van der Waals surface area contributed by atoms with Crippen molar-refractivity contribution in [1.82, 2.24) is 10.2 Å². The van der Waals surface area contributed by atoms with Crippen molar-refractivity contribution in [2.45, 2.75) is 9.79 Å². The van der Waals surface area contributed by atoms with Crippen LogP contribution in [-0.2, 0) is 9.84 Å². The maximum atomic E-state index is 12.6. The molecule has 5 nitrogen and oxygen atoms in total. The van der Waals surface area contributed by atoms with Gasteiger partial charge in [-0.1, -0.05) is 24.3 Å². The molecule has 0 atom stereocenters. The monoisotopic (exact) mass is 273 g/mol. The van der Waals surface area contributed by atoms with Gasteiger partial charge in [-0.3, -0.25) is 5.10 Å². The van der Waals surface area contributed by atoms with Gasteiger partial charge in [-0.05, 0) is 24.3 Å². The summed E-state index contributed by atoms with van der Waals surface area (Å²) in [7, 11) is -3.60. The first-order valence-electron chi connectivity index (χ1n) is 5.63. The molecule has 0 radical (unpaired) electrons. The molecule has 96 valence electrons. The number of hydrogen-bond acceptors (Lipinski definition) is 4. The zero-order valence-corrected chi connectivity index (χ0v) is 10.7. The fourth-order valence-electron chi connectivity index (χ4n) is 2.02. The van der Waals surface area contributed by atoms with Gasteiger partial charge in [0.15, 0.2) is 5.82 Å². The number of H-pyrrole nitrogens is 1. The summed E-state index contributed by atoms with van der Waals surface area (Å²) in [5, 5.41) is 7.00. The zero-order chi connectivity index (χ0) is 13.5. The van der Waals surface area contributed by atoms with E-state index < -0.39 is 9.84 Å². The van der Waals surface area contributed by atoms with Gasteiger partial charge in [0, 0.05) is 0 Å². The first kappa shape index (κ1) is 11.7. The van der Waals surface area contributed by atoms with Crippen LogP contribution < -0.4 is 5.73 Å². The number of aromatic amines is 1. The highest BCUT2D eigenvalue weighted by atomic mass is 32.2. The molecule has 0 fully saturated rings. The van der Waals surface area contributed by atoms with Gasteiger partial charge in [0.05, 0.1) is 20.7 Å². The van der Waals surface area contributed by atoms with E-state index in [9.17, 15) is 8.42 Å². The third kappa shape index (κ3) is 1.77. The van der Waals surface area contributed by atoms with E-state index in [1.807, 2.05) is 0 Å². The Morgan fingerprint density at radius 2 is 1.74 bits per heavy atom. The smallest absolute Gasteiger partial charge is 0.207 e. The molecule has 0 amide bonds. The Kier molecular flexibility index (Phi) is 2.53. The van der Waals surface area contributed by atoms with E-state index in [0.717, 1.165) is 0 Å². The Morgan fingerprint density at radius 1 is 1.00 bits per heavy atom. The van der Waals surface area contributed by atoms with Crippen LogP contribution in [0.5, 0.6) is 0 Å². The summed E-state index contributed by atoms with van der Waals surface area (Å²) in [6, 6.07) is 13.2. The predicted molar refractivity (Wildman–Crippen MR) is 72.4 cm³/mol. The number of fused-ring (bicyclic) bond motifs is 1. The fourth-order valence-corrected chi connectivity index (χ4v) is 3.53. The van der Waals surface area contributed by atoms with Gasteiger partial charge >= 0.3 is 0 Å². The summed E-state index contributed by atoms with van der Waals surface area (Å²) < 4.78 is 25.2. The van der Waals surface area contributed by atoms with Crippen molar-refractivity contribution < 1.29 is 8.42 Å². The maximum absolute atomic E-state index is 12.6. The van der Waals surface area contributed by atoms with Gasteiger partial charge in [-0.25, -0.2) is 8.42 Å². The number of rotatable bonds is 2. The molecule has 6 heteroatoms. The quantitative estimate of drug-likeness (QED) is 0.747. The maximum Gasteiger partial charge on any atom is 0.207 e. The van der Waals surface area contributed by atoms with Crippen molar-refractivity contribution in [2.75, 3.05) is 5.73 Å². The van der Waals surface area contributed by atoms with Crippen molar-refractivity contribution in [2.24, 2.45) is 0 Å². The van der Waals surface area contributed by atoms with E-state index >= 15 is 0 Å². The lowest BCUT2D eigenvalue weighted by Gasteiger charge is -2.06. The van der Waals surface area contributed by atoms with Gasteiger partial charge in [0.25, 0.3) is 0 Å². The van der Waals surface area contributed by atoms with Crippen LogP contribution in [-0.4, -0.2) is 18.6 Å². The molecule has 3 rings (SSSR count). The summed E-state index contributed by atoms with van der Waals surface area (Å²) in [6.45, 7) is 0. The summed E-state index contributed by atoms with van der Waals surface area (Å²) in [4.78, 5) is 0.408. The van der Waals surface area contributed by atoms with Crippen molar-refractivity contribution >= 4 is 26.6 Å². The third-order valence-corrected chi connectivity index (χ3v) is 4.73. The molecule has 1 heterocycles. The predicted octanol–water partition coefficient (Wildman–Crippen LogP) is 1.98. The molecule has 0 saturated heterocycles. The second-order valence-corrected chi connectivity index (χ2v) is 6.02. The van der Waals surface area contributed by atoms with Crippen molar-refractivity contribution in [3.63, 3.8) is 0 Å². The SMILES string of the molecule is Nc1n[nH]c2cccc(S(=O)(=O)c3ccccc3)c12. The lowest BCUT2D eigenvalue weighted by Crippen LogP contribution is -2.03. The molecule has 3 N–H and O–H groups in total. The molecule has 2 aromatic carbocycles. The largest absolute Gasteiger partial charge is 0.382 e. The fraction of sp³-hybridized carbons (Fsp3) is 0. The number of nitrogens with zero attached hydrogens (tertiary/aromatic N) is 1. The first-order valence-corrected chi connectivity index (χ1v) is 7.12. The van der Waals surface area contributed by atoms with Crippen LogP contribution >= 0.6 is 0 Å². The molecule has 19 heavy (non-hydrogen) atoms. The molecule has 0 saturated carbocycles. The van der Waals surface area contributed by atoms with Crippen LogP contribution in [0, 0.1) is 0 Å². The van der Waals surface area contributed by atoms with Crippen LogP contribution in [0.1, 0.15) is 0 Å². The highest BCUT2D eigenvalue weighted by Crippen LogP contribution is 2.30. The van der Waals surface area contributed by atoms with E-state index in [0.29, 0.717) is 10.9 Å². The second kappa shape index (κ2) is 4.10. The summed E-state index contributed by atoms with van der Waals surface area (Å²) in [6.07, 6.45) is 0. The normalized spacial score (nSPS) is 11.8. The molecule has 0 aliphatic rings. The average molecular weight is 273 g/mol. The van der Waals surface area contributed by atoms with Gasteiger partial charge in [0.2, 0.25) is 9.84 Å². The Labute approximate surface area is 110 Å². The Hall–Kier alpha value is -2.34. The topological polar surface area (TPSA) is 88.8 Å². The highest BCUT2D eigenvalue weighted by molar-refractivity contribution is 7.91. The highest BCUT2D eigenvalue weighted by Gasteiger charge is 2.22. The minimum absolute atomic E-state index is 0.169. The molecule has 3 aromatic rings. The summed E-state index contributed by atoms with van der Waals surface area (Å²) in [5.74, 6) is 0.185. The van der Waals surface area contributed by atoms with Gasteiger partial charge in [0.1, 0.15) is 0 Å². The second-order valence-electron chi connectivity index (χ2n) is 4.10. The number of benzene rings is 2. The number of nitrogen functional groups attached to an aromatic ring is 1. The third-order valence-electron chi connectivity index (χ3n) is 2.92. The van der Waals surface area contributed by atoms with Crippen molar-refractivity contribution in [3.05, 3.63) is 48.5 Å². The first-order chi connectivity index (χ1) is 9.10. The van der Waals surface area contributed by atoms with E-state index in [4.69, 9.17) is 5.73 Å². The number of sulfone groups is 1. The minimum atomic E-state index is -3.60. The minimum Gasteiger partial charge on any atom is -0.382 e. The van der Waals surface area contributed by atoms with Crippen molar-refractivity contribution in [1.29, 1.82) is 0 Å². The molecule has 0 aliphatic carbocycles. The standard InChI is InChI=1S/C13H11N3O2S/c14-13-12-10(15-16-13)7-4-8-11(12)19(17,18)9-5-2-1-3-6-9/h1-8H,(H3,14,15,16). The zero-order valence-electron chi connectivity index (χ0n) is 9.87. The van der Waals surface area contributed by atoms with Gasteiger partial charge in [-0.15, -0.1) is 0 Å². The number of hydrogen-bond donors (Lipinski definition) is 2. The molecule has 0 aliphatic heterocycles. The Balaban J connectivity index is 2.34. The number of nitrogens with one attached hydrogen (secondary N) is 1. The van der Waals surface area contributed by atoms with Crippen LogP contribution in [0.3, 0.4) is 0 Å². The van der Waals surface area contributed by atoms with Gasteiger partial charge in [-0.2, -0.15) is 5.10 Å². The van der Waals surface area contributed by atoms with E-state index in [1.54, 1.807) is 42.5 Å². The number of anilines is 1. The van der Waals surface area contributed by atoms with Crippen LogP contribution in [0.15, 0.2) is 58.3 Å². The molecule has 0 bridgehead atoms. The summed E-state index contributed by atoms with van der Waals surface area (Å²) in [5.41, 5.74) is 6.35. The molecular formula is C13H11N3O2S.